The van der Waals surface area contributed by atoms with Gasteiger partial charge in [0.1, 0.15) is 0 Å². The number of aryl methyl sites for hydroxylation is 2. The van der Waals surface area contributed by atoms with Crippen molar-refractivity contribution in [2.45, 2.75) is 39.0 Å². The van der Waals surface area contributed by atoms with Crippen LogP contribution in [0.2, 0.25) is 0 Å². The molecule has 1 nitrogen and oxygen atoms in total. The molecular weight excluding hydrogens is 298 g/mol. The third-order valence-electron chi connectivity index (χ3n) is 4.41. The molecule has 0 spiro atoms. The molecule has 1 aliphatic rings. The summed E-state index contributed by atoms with van der Waals surface area (Å²) in [5.74, 6) is 0. The van der Waals surface area contributed by atoms with Gasteiger partial charge in [0.25, 0.3) is 0 Å². The minimum atomic E-state index is 0.941. The Morgan fingerprint density at radius 2 is 1.83 bits per heavy atom. The van der Waals surface area contributed by atoms with Crippen molar-refractivity contribution in [3.63, 3.8) is 0 Å². The fourth-order valence-electron chi connectivity index (χ4n) is 3.05. The lowest BCUT2D eigenvalue weighted by Gasteiger charge is -2.15. The molecule has 2 heteroatoms. The first kappa shape index (κ1) is 15.9. The highest BCUT2D eigenvalue weighted by Crippen LogP contribution is 2.29. The maximum absolute atomic E-state index is 4.70. The summed E-state index contributed by atoms with van der Waals surface area (Å²) in [7, 11) is 0. The summed E-state index contributed by atoms with van der Waals surface area (Å²) in [6.45, 7) is 2.24. The zero-order chi connectivity index (χ0) is 16.1. The molecule has 0 bridgehead atoms. The van der Waals surface area contributed by atoms with Crippen molar-refractivity contribution >= 4 is 23.5 Å². The molecule has 0 aliphatic heterocycles. The standard InChI is InChI=1S/C21H21NS/c1-2-3-4-16-5-7-17(8-6-16)18-9-10-20-14-21(22-15-23)12-11-19(20)13-18/h5-10,13-14H,2-4,11-12H2,1H3. The summed E-state index contributed by atoms with van der Waals surface area (Å²) < 4.78 is 0. The summed E-state index contributed by atoms with van der Waals surface area (Å²) in [4.78, 5) is 4.12. The first-order chi connectivity index (χ1) is 11.3. The molecule has 1 aliphatic carbocycles. The molecule has 0 atom stereocenters. The van der Waals surface area contributed by atoms with E-state index in [0.717, 1.165) is 18.5 Å². The molecule has 0 heterocycles. The summed E-state index contributed by atoms with van der Waals surface area (Å²) >= 11 is 4.70. The van der Waals surface area contributed by atoms with Crippen LogP contribution in [0.1, 0.15) is 42.9 Å². The van der Waals surface area contributed by atoms with Crippen LogP contribution in [-0.4, -0.2) is 5.16 Å². The number of hydrogen-bond acceptors (Lipinski definition) is 2. The first-order valence-electron chi connectivity index (χ1n) is 8.31. The molecule has 0 unspecified atom stereocenters. The number of benzene rings is 2. The highest BCUT2D eigenvalue weighted by atomic mass is 32.1. The van der Waals surface area contributed by atoms with E-state index < -0.39 is 0 Å². The molecular formula is C21H21NS. The van der Waals surface area contributed by atoms with Gasteiger partial charge in [-0.3, -0.25) is 0 Å². The van der Waals surface area contributed by atoms with Gasteiger partial charge in [0.05, 0.1) is 10.9 Å². The minimum absolute atomic E-state index is 0.941. The van der Waals surface area contributed by atoms with Gasteiger partial charge in [-0.15, -0.1) is 0 Å². The van der Waals surface area contributed by atoms with Crippen LogP contribution in [0.15, 0.2) is 53.2 Å². The molecule has 0 saturated heterocycles. The van der Waals surface area contributed by atoms with Gasteiger partial charge in [-0.2, -0.15) is 4.99 Å². The Hall–Kier alpha value is -2.02. The molecule has 0 aromatic heterocycles. The number of unbranched alkanes of at least 4 members (excludes halogenated alkanes) is 1. The van der Waals surface area contributed by atoms with Crippen LogP contribution in [0, 0.1) is 0 Å². The predicted molar refractivity (Wildman–Crippen MR) is 102 cm³/mol. The monoisotopic (exact) mass is 319 g/mol. The van der Waals surface area contributed by atoms with E-state index in [4.69, 9.17) is 12.2 Å². The average molecular weight is 319 g/mol. The molecule has 3 rings (SSSR count). The maximum atomic E-state index is 4.70. The molecule has 0 amide bonds. The fraction of sp³-hybridized carbons (Fsp3) is 0.286. The Kier molecular flexibility index (Phi) is 5.17. The number of rotatable bonds is 5. The predicted octanol–water partition coefficient (Wildman–Crippen LogP) is 6.09. The Morgan fingerprint density at radius 1 is 1.04 bits per heavy atom. The largest absolute Gasteiger partial charge is 0.199 e. The van der Waals surface area contributed by atoms with Crippen LogP contribution < -0.4 is 0 Å². The van der Waals surface area contributed by atoms with Crippen LogP contribution >= 0.6 is 12.2 Å². The van der Waals surface area contributed by atoms with Crippen molar-refractivity contribution < 1.29 is 0 Å². The third-order valence-corrected chi connectivity index (χ3v) is 4.50. The van der Waals surface area contributed by atoms with E-state index in [1.165, 1.54) is 47.1 Å². The normalized spacial score (nSPS) is 13.0. The Bertz CT molecular complexity index is 765. The highest BCUT2D eigenvalue weighted by Gasteiger charge is 2.11. The zero-order valence-corrected chi connectivity index (χ0v) is 14.3. The number of hydrogen-bond donors (Lipinski definition) is 0. The molecule has 116 valence electrons. The average Bonchev–Trinajstić information content (AvgIpc) is 2.60. The van der Waals surface area contributed by atoms with E-state index in [-0.39, 0.29) is 0 Å². The van der Waals surface area contributed by atoms with Crippen LogP contribution in [0.4, 0.5) is 0 Å². The van der Waals surface area contributed by atoms with Gasteiger partial charge in [0.15, 0.2) is 0 Å². The van der Waals surface area contributed by atoms with Gasteiger partial charge >= 0.3 is 0 Å². The minimum Gasteiger partial charge on any atom is -0.199 e. The van der Waals surface area contributed by atoms with E-state index in [1.54, 1.807) is 0 Å². The number of allylic oxidation sites excluding steroid dienone is 1. The van der Waals surface area contributed by atoms with Crippen molar-refractivity contribution in [3.05, 3.63) is 64.9 Å². The zero-order valence-electron chi connectivity index (χ0n) is 13.5. The molecule has 0 saturated carbocycles. The van der Waals surface area contributed by atoms with Crippen LogP contribution in [0.25, 0.3) is 17.2 Å². The van der Waals surface area contributed by atoms with Crippen LogP contribution in [0.3, 0.4) is 0 Å². The number of nitrogens with zero attached hydrogens (tertiary/aromatic N) is 1. The summed E-state index contributed by atoms with van der Waals surface area (Å²) in [5.41, 5.74) is 7.69. The lowest BCUT2D eigenvalue weighted by molar-refractivity contribution is 0.795. The Labute approximate surface area is 143 Å². The van der Waals surface area contributed by atoms with Crippen molar-refractivity contribution in [2.75, 3.05) is 0 Å². The van der Waals surface area contributed by atoms with Crippen molar-refractivity contribution in [3.8, 4) is 11.1 Å². The van der Waals surface area contributed by atoms with Gasteiger partial charge in [0.2, 0.25) is 0 Å². The van der Waals surface area contributed by atoms with Gasteiger partial charge in [-0.25, -0.2) is 0 Å². The second kappa shape index (κ2) is 7.50. The molecule has 2 aromatic rings. The van der Waals surface area contributed by atoms with Crippen molar-refractivity contribution in [2.24, 2.45) is 4.99 Å². The van der Waals surface area contributed by atoms with E-state index in [0.29, 0.717) is 0 Å². The lowest BCUT2D eigenvalue weighted by Crippen LogP contribution is -1.98. The summed E-state index contributed by atoms with van der Waals surface area (Å²) in [6, 6.07) is 15.7. The van der Waals surface area contributed by atoms with Gasteiger partial charge < -0.3 is 0 Å². The summed E-state index contributed by atoms with van der Waals surface area (Å²) in [6.07, 6.45) is 7.76. The number of fused-ring (bicyclic) bond motifs is 1. The number of thiocarbonyl (C=S) groups is 1. The van der Waals surface area contributed by atoms with Crippen molar-refractivity contribution in [1.82, 2.24) is 0 Å². The highest BCUT2D eigenvalue weighted by molar-refractivity contribution is 7.78. The van der Waals surface area contributed by atoms with Crippen molar-refractivity contribution in [1.29, 1.82) is 0 Å². The molecule has 0 fully saturated rings. The molecule has 2 aromatic carbocycles. The van der Waals surface area contributed by atoms with Crippen LogP contribution in [0.5, 0.6) is 0 Å². The fourth-order valence-corrected chi connectivity index (χ4v) is 3.17. The number of aliphatic imine (C=N–C) groups is 1. The Morgan fingerprint density at radius 3 is 2.57 bits per heavy atom. The SMILES string of the molecule is CCCCc1ccc(-c2ccc3c(c2)CCC(N=C=S)=C3)cc1. The number of isothiocyanates is 1. The van der Waals surface area contributed by atoms with Gasteiger partial charge in [-0.05, 0) is 71.8 Å². The van der Waals surface area contributed by atoms with Gasteiger partial charge in [-0.1, -0.05) is 55.8 Å². The van der Waals surface area contributed by atoms with E-state index in [1.807, 2.05) is 0 Å². The topological polar surface area (TPSA) is 12.4 Å². The van der Waals surface area contributed by atoms with E-state index in [2.05, 4.69) is 65.6 Å². The quantitative estimate of drug-likeness (QED) is 0.480. The van der Waals surface area contributed by atoms with E-state index >= 15 is 0 Å². The lowest BCUT2D eigenvalue weighted by atomic mass is 9.91. The second-order valence-electron chi connectivity index (χ2n) is 6.05. The molecule has 0 N–H and O–H groups in total. The van der Waals surface area contributed by atoms with E-state index in [9.17, 15) is 0 Å². The molecule has 23 heavy (non-hydrogen) atoms. The summed E-state index contributed by atoms with van der Waals surface area (Å²) in [5, 5.41) is 2.47. The third kappa shape index (κ3) is 3.85. The maximum Gasteiger partial charge on any atom is 0.0637 e. The smallest absolute Gasteiger partial charge is 0.0637 e. The Balaban J connectivity index is 1.84. The van der Waals surface area contributed by atoms with Gasteiger partial charge in [0, 0.05) is 0 Å². The first-order valence-corrected chi connectivity index (χ1v) is 8.71. The second-order valence-corrected chi connectivity index (χ2v) is 6.24. The van der Waals surface area contributed by atoms with Crippen LogP contribution in [-0.2, 0) is 12.8 Å². The molecule has 0 radical (unpaired) electrons.